The van der Waals surface area contributed by atoms with Crippen LogP contribution in [0.2, 0.25) is 0 Å². The summed E-state index contributed by atoms with van der Waals surface area (Å²) >= 11 is 3.71. The van der Waals surface area contributed by atoms with Gasteiger partial charge in [-0.25, -0.2) is 0 Å². The Labute approximate surface area is 208 Å². The van der Waals surface area contributed by atoms with Crippen LogP contribution in [0, 0.1) is 12.8 Å². The van der Waals surface area contributed by atoms with Crippen LogP contribution in [0.4, 0.5) is 0 Å². The van der Waals surface area contributed by atoms with Crippen molar-refractivity contribution >= 4 is 63.9 Å². The zero-order valence-corrected chi connectivity index (χ0v) is 22.2. The van der Waals surface area contributed by atoms with Crippen LogP contribution in [-0.2, 0) is 11.8 Å². The van der Waals surface area contributed by atoms with E-state index in [1.807, 2.05) is 28.9 Å². The quantitative estimate of drug-likeness (QED) is 0.250. The average Bonchev–Trinajstić information content (AvgIpc) is 3.47. The van der Waals surface area contributed by atoms with E-state index in [-0.39, 0.29) is 5.41 Å². The number of aromatic nitrogens is 1. The van der Waals surface area contributed by atoms with Gasteiger partial charge in [0.1, 0.15) is 11.3 Å². The summed E-state index contributed by atoms with van der Waals surface area (Å²) in [5, 5.41) is 7.33. The molecule has 172 valence electrons. The highest BCUT2D eigenvalue weighted by Gasteiger charge is 2.23. The largest absolute Gasteiger partial charge is 0.461 e. The lowest BCUT2D eigenvalue weighted by Crippen LogP contribution is -2.11. The molecule has 34 heavy (non-hydrogen) atoms. The molecule has 0 atom stereocenters. The molecule has 4 aromatic heterocycles. The SMILES string of the molecule is Cc1oc2ccc3c(sc4ccnc(-c5cc(C(C)(C)C)c6sccc6c5)c43)c2c1CC(C)C. The van der Waals surface area contributed by atoms with E-state index in [4.69, 9.17) is 9.40 Å². The van der Waals surface area contributed by atoms with E-state index in [2.05, 4.69) is 83.3 Å². The lowest BCUT2D eigenvalue weighted by molar-refractivity contribution is 0.560. The molecular weight excluding hydrogens is 454 g/mol. The van der Waals surface area contributed by atoms with Crippen LogP contribution in [0.15, 0.2) is 52.4 Å². The first-order valence-electron chi connectivity index (χ1n) is 12.0. The van der Waals surface area contributed by atoms with Gasteiger partial charge in [0, 0.05) is 47.6 Å². The second-order valence-corrected chi connectivity index (χ2v) is 12.8. The summed E-state index contributed by atoms with van der Waals surface area (Å²) in [6.07, 6.45) is 3.00. The van der Waals surface area contributed by atoms with Gasteiger partial charge in [-0.1, -0.05) is 34.6 Å². The lowest BCUT2D eigenvalue weighted by Gasteiger charge is -2.21. The van der Waals surface area contributed by atoms with Gasteiger partial charge < -0.3 is 4.42 Å². The molecule has 0 aliphatic rings. The average molecular weight is 484 g/mol. The maximum atomic E-state index is 6.20. The van der Waals surface area contributed by atoms with Gasteiger partial charge in [0.15, 0.2) is 0 Å². The fourth-order valence-electron chi connectivity index (χ4n) is 5.19. The van der Waals surface area contributed by atoms with Gasteiger partial charge in [-0.15, -0.1) is 22.7 Å². The minimum absolute atomic E-state index is 0.0654. The molecule has 0 radical (unpaired) electrons. The molecule has 4 heterocycles. The van der Waals surface area contributed by atoms with Gasteiger partial charge in [0.05, 0.1) is 5.69 Å². The maximum absolute atomic E-state index is 6.20. The molecule has 0 saturated heterocycles. The number of aryl methyl sites for hydroxylation is 1. The van der Waals surface area contributed by atoms with Gasteiger partial charge in [-0.05, 0) is 77.4 Å². The van der Waals surface area contributed by atoms with Crippen molar-refractivity contribution in [1.29, 1.82) is 0 Å². The first-order chi connectivity index (χ1) is 16.2. The van der Waals surface area contributed by atoms with Crippen molar-refractivity contribution in [3.05, 3.63) is 64.9 Å². The topological polar surface area (TPSA) is 26.0 Å². The Hall–Kier alpha value is -2.69. The smallest absolute Gasteiger partial charge is 0.136 e. The number of nitrogens with zero attached hydrogens (tertiary/aromatic N) is 1. The number of furan rings is 1. The third-order valence-electron chi connectivity index (χ3n) is 6.75. The highest BCUT2D eigenvalue weighted by atomic mass is 32.1. The van der Waals surface area contributed by atoms with Gasteiger partial charge >= 0.3 is 0 Å². The van der Waals surface area contributed by atoms with Crippen molar-refractivity contribution in [2.24, 2.45) is 5.92 Å². The third kappa shape index (κ3) is 3.30. The Balaban J connectivity index is 1.69. The number of benzene rings is 2. The van der Waals surface area contributed by atoms with Crippen LogP contribution in [0.1, 0.15) is 51.5 Å². The summed E-state index contributed by atoms with van der Waals surface area (Å²) in [5.41, 5.74) is 6.08. The van der Waals surface area contributed by atoms with Crippen molar-refractivity contribution in [1.82, 2.24) is 4.98 Å². The molecule has 0 spiro atoms. The molecule has 0 aliphatic heterocycles. The van der Waals surface area contributed by atoms with Crippen LogP contribution in [0.25, 0.3) is 52.5 Å². The van der Waals surface area contributed by atoms with Gasteiger partial charge in [-0.3, -0.25) is 4.98 Å². The monoisotopic (exact) mass is 483 g/mol. The molecule has 0 amide bonds. The zero-order valence-electron chi connectivity index (χ0n) is 20.6. The summed E-state index contributed by atoms with van der Waals surface area (Å²) in [6.45, 7) is 13.6. The molecule has 6 aromatic rings. The summed E-state index contributed by atoms with van der Waals surface area (Å²) in [6, 6.07) is 13.5. The molecule has 4 heteroatoms. The number of hydrogen-bond donors (Lipinski definition) is 0. The Kier molecular flexibility index (Phi) is 4.91. The molecule has 0 bridgehead atoms. The summed E-state index contributed by atoms with van der Waals surface area (Å²) in [5.74, 6) is 1.62. The van der Waals surface area contributed by atoms with Crippen LogP contribution >= 0.6 is 22.7 Å². The maximum Gasteiger partial charge on any atom is 0.136 e. The molecule has 0 unspecified atom stereocenters. The Morgan fingerprint density at radius 3 is 2.59 bits per heavy atom. The standard InChI is InChI=1S/C30H29NOS2/c1-16(2)13-21-17(3)32-23-8-7-20-26-24(34-29(20)25(21)23)9-11-31-27(26)19-14-18-10-12-33-28(18)22(15-19)30(4,5)6/h7-12,14-16H,13H2,1-6H3. The van der Waals surface area contributed by atoms with E-state index in [1.54, 1.807) is 0 Å². The molecule has 2 aromatic carbocycles. The van der Waals surface area contributed by atoms with E-state index in [0.29, 0.717) is 5.92 Å². The Morgan fingerprint density at radius 2 is 1.82 bits per heavy atom. The third-order valence-corrected chi connectivity index (χ3v) is 8.90. The van der Waals surface area contributed by atoms with Gasteiger partial charge in [-0.2, -0.15) is 0 Å². The van der Waals surface area contributed by atoms with Crippen LogP contribution in [0.3, 0.4) is 0 Å². The highest BCUT2D eigenvalue weighted by molar-refractivity contribution is 7.26. The van der Waals surface area contributed by atoms with E-state index in [0.717, 1.165) is 23.5 Å². The van der Waals surface area contributed by atoms with Crippen molar-refractivity contribution < 1.29 is 4.42 Å². The van der Waals surface area contributed by atoms with E-state index >= 15 is 0 Å². The van der Waals surface area contributed by atoms with Gasteiger partial charge in [0.2, 0.25) is 0 Å². The normalized spacial score (nSPS) is 12.8. The minimum Gasteiger partial charge on any atom is -0.461 e. The predicted molar refractivity (Wildman–Crippen MR) is 150 cm³/mol. The number of thiophene rings is 2. The fraction of sp³-hybridized carbons (Fsp3) is 0.300. The lowest BCUT2D eigenvalue weighted by atomic mass is 9.84. The molecule has 2 nitrogen and oxygen atoms in total. The first kappa shape index (κ1) is 21.8. The molecule has 0 saturated carbocycles. The van der Waals surface area contributed by atoms with Crippen molar-refractivity contribution in [3.63, 3.8) is 0 Å². The second-order valence-electron chi connectivity index (χ2n) is 10.8. The zero-order chi connectivity index (χ0) is 23.8. The summed E-state index contributed by atoms with van der Waals surface area (Å²) in [7, 11) is 0. The van der Waals surface area contributed by atoms with Crippen LogP contribution in [0.5, 0.6) is 0 Å². The Morgan fingerprint density at radius 1 is 1.00 bits per heavy atom. The molecule has 0 aliphatic carbocycles. The van der Waals surface area contributed by atoms with Crippen LogP contribution in [-0.4, -0.2) is 4.98 Å². The van der Waals surface area contributed by atoms with Crippen LogP contribution < -0.4 is 0 Å². The first-order valence-corrected chi connectivity index (χ1v) is 13.7. The number of hydrogen-bond acceptors (Lipinski definition) is 4. The van der Waals surface area contributed by atoms with Crippen molar-refractivity contribution in [2.75, 3.05) is 0 Å². The second kappa shape index (κ2) is 7.66. The predicted octanol–water partition coefficient (Wildman–Crippen LogP) is 9.88. The molecular formula is C30H29NOS2. The van der Waals surface area contributed by atoms with Crippen molar-refractivity contribution in [3.8, 4) is 11.3 Å². The number of rotatable bonds is 3. The molecule has 6 rings (SSSR count). The van der Waals surface area contributed by atoms with Crippen molar-refractivity contribution in [2.45, 2.75) is 53.4 Å². The summed E-state index contributed by atoms with van der Waals surface area (Å²) < 4.78 is 10.2. The Bertz CT molecular complexity index is 1710. The van der Waals surface area contributed by atoms with Gasteiger partial charge in [0.25, 0.3) is 0 Å². The van der Waals surface area contributed by atoms with E-state index in [1.165, 1.54) is 52.3 Å². The number of fused-ring (bicyclic) bond motifs is 6. The fourth-order valence-corrected chi connectivity index (χ4v) is 7.56. The van der Waals surface area contributed by atoms with E-state index < -0.39 is 0 Å². The molecule has 0 fully saturated rings. The highest BCUT2D eigenvalue weighted by Crippen LogP contribution is 2.45. The molecule has 0 N–H and O–H groups in total. The van der Waals surface area contributed by atoms with E-state index in [9.17, 15) is 0 Å². The summed E-state index contributed by atoms with van der Waals surface area (Å²) in [4.78, 5) is 4.96. The minimum atomic E-state index is 0.0654. The number of pyridine rings is 1.